The fraction of sp³-hybridized carbons (Fsp3) is 0.429. The van der Waals surface area contributed by atoms with Crippen molar-refractivity contribution in [2.24, 2.45) is 5.92 Å². The van der Waals surface area contributed by atoms with E-state index in [-0.39, 0.29) is 24.2 Å². The number of carbonyl (C=O) groups is 2. The first-order valence-electron chi connectivity index (χ1n) is 9.70. The van der Waals surface area contributed by atoms with Gasteiger partial charge >= 0.3 is 0 Å². The van der Waals surface area contributed by atoms with Crippen molar-refractivity contribution >= 4 is 28.8 Å². The molecule has 2 aliphatic heterocycles. The quantitative estimate of drug-likeness (QED) is 0.777. The Balaban J connectivity index is 1.32. The molecule has 28 heavy (non-hydrogen) atoms. The largest absolute Gasteiger partial charge is 0.486 e. The summed E-state index contributed by atoms with van der Waals surface area (Å²) in [5.41, 5.74) is 1.93. The van der Waals surface area contributed by atoms with Crippen molar-refractivity contribution in [1.82, 2.24) is 4.90 Å². The van der Waals surface area contributed by atoms with Gasteiger partial charge in [0.15, 0.2) is 11.5 Å². The minimum Gasteiger partial charge on any atom is -0.486 e. The second-order valence-corrected chi connectivity index (χ2v) is 8.34. The fourth-order valence-electron chi connectivity index (χ4n) is 3.91. The molecule has 1 aromatic carbocycles. The first-order valence-corrected chi connectivity index (χ1v) is 10.6. The van der Waals surface area contributed by atoms with Gasteiger partial charge in [-0.15, -0.1) is 0 Å². The molecule has 0 radical (unpaired) electrons. The SMILES string of the molecule is O=C1CC(C(=O)N(Cc2ccsc2)C2CC2)CN1c1ccc2c(c1)OCCO2. The van der Waals surface area contributed by atoms with Gasteiger partial charge in [0.05, 0.1) is 5.92 Å². The molecule has 0 spiro atoms. The van der Waals surface area contributed by atoms with Crippen LogP contribution in [0.4, 0.5) is 5.69 Å². The number of rotatable bonds is 5. The van der Waals surface area contributed by atoms with Crippen LogP contribution in [0, 0.1) is 5.92 Å². The fourth-order valence-corrected chi connectivity index (χ4v) is 4.57. The number of amides is 2. The summed E-state index contributed by atoms with van der Waals surface area (Å²) in [6.45, 7) is 2.10. The molecule has 0 bridgehead atoms. The summed E-state index contributed by atoms with van der Waals surface area (Å²) in [4.78, 5) is 29.6. The van der Waals surface area contributed by atoms with Crippen molar-refractivity contribution in [3.8, 4) is 11.5 Å². The maximum absolute atomic E-state index is 13.2. The van der Waals surface area contributed by atoms with Gasteiger partial charge in [-0.3, -0.25) is 9.59 Å². The lowest BCUT2D eigenvalue weighted by Crippen LogP contribution is -2.38. The average Bonchev–Trinajstić information content (AvgIpc) is 3.28. The lowest BCUT2D eigenvalue weighted by atomic mass is 10.1. The number of hydrogen-bond acceptors (Lipinski definition) is 5. The molecule has 6 nitrogen and oxygen atoms in total. The van der Waals surface area contributed by atoms with Crippen molar-refractivity contribution in [2.45, 2.75) is 31.8 Å². The normalized spacial score (nSPS) is 21.1. The highest BCUT2D eigenvalue weighted by molar-refractivity contribution is 7.07. The maximum Gasteiger partial charge on any atom is 0.228 e. The molecule has 7 heteroatoms. The van der Waals surface area contributed by atoms with Gasteiger partial charge in [0.2, 0.25) is 11.8 Å². The summed E-state index contributed by atoms with van der Waals surface area (Å²) in [6.07, 6.45) is 2.38. The molecule has 3 heterocycles. The standard InChI is InChI=1S/C21H22N2O4S/c24-20-9-15(21(25)23(16-1-2-16)11-14-5-8-28-13-14)12-22(20)17-3-4-18-19(10-17)27-7-6-26-18/h3-5,8,10,13,15-16H,1-2,6-7,9,11-12H2. The molecular weight excluding hydrogens is 376 g/mol. The summed E-state index contributed by atoms with van der Waals surface area (Å²) < 4.78 is 11.2. The van der Waals surface area contributed by atoms with Crippen LogP contribution in [-0.2, 0) is 16.1 Å². The average molecular weight is 398 g/mol. The van der Waals surface area contributed by atoms with E-state index in [0.717, 1.165) is 18.5 Å². The van der Waals surface area contributed by atoms with E-state index >= 15 is 0 Å². The van der Waals surface area contributed by atoms with Gasteiger partial charge in [0.25, 0.3) is 0 Å². The van der Waals surface area contributed by atoms with Crippen molar-refractivity contribution < 1.29 is 19.1 Å². The summed E-state index contributed by atoms with van der Waals surface area (Å²) in [5, 5.41) is 4.12. The Kier molecular flexibility index (Phi) is 4.47. The molecule has 5 rings (SSSR count). The Hall–Kier alpha value is -2.54. The molecule has 1 unspecified atom stereocenters. The van der Waals surface area contributed by atoms with Crippen molar-refractivity contribution in [1.29, 1.82) is 0 Å². The molecule has 1 saturated heterocycles. The van der Waals surface area contributed by atoms with E-state index < -0.39 is 0 Å². The van der Waals surface area contributed by atoms with Crippen molar-refractivity contribution in [2.75, 3.05) is 24.7 Å². The number of ether oxygens (including phenoxy) is 2. The molecule has 1 saturated carbocycles. The predicted octanol–water partition coefficient (Wildman–Crippen LogP) is 3.06. The molecule has 1 aromatic heterocycles. The predicted molar refractivity (Wildman–Crippen MR) is 106 cm³/mol. The molecule has 2 amide bonds. The number of hydrogen-bond donors (Lipinski definition) is 0. The maximum atomic E-state index is 13.2. The van der Waals surface area contributed by atoms with E-state index in [4.69, 9.17) is 9.47 Å². The minimum absolute atomic E-state index is 0.0127. The lowest BCUT2D eigenvalue weighted by Gasteiger charge is -2.25. The monoisotopic (exact) mass is 398 g/mol. The van der Waals surface area contributed by atoms with Crippen molar-refractivity contribution in [3.05, 3.63) is 40.6 Å². The Morgan fingerprint density at radius 3 is 2.75 bits per heavy atom. The van der Waals surface area contributed by atoms with E-state index in [1.807, 2.05) is 28.5 Å². The second-order valence-electron chi connectivity index (χ2n) is 7.56. The van der Waals surface area contributed by atoms with Crippen LogP contribution < -0.4 is 14.4 Å². The second kappa shape index (κ2) is 7.13. The van der Waals surface area contributed by atoms with Gasteiger partial charge in [-0.1, -0.05) is 0 Å². The minimum atomic E-state index is -0.292. The van der Waals surface area contributed by atoms with Crippen LogP contribution in [0.3, 0.4) is 0 Å². The van der Waals surface area contributed by atoms with Gasteiger partial charge in [-0.2, -0.15) is 11.3 Å². The highest BCUT2D eigenvalue weighted by Crippen LogP contribution is 2.37. The number of benzene rings is 1. The van der Waals surface area contributed by atoms with Crippen LogP contribution in [0.2, 0.25) is 0 Å². The number of fused-ring (bicyclic) bond motifs is 1. The first kappa shape index (κ1) is 17.6. The molecule has 2 fully saturated rings. The topological polar surface area (TPSA) is 59.1 Å². The molecule has 146 valence electrons. The molecule has 2 aromatic rings. The smallest absolute Gasteiger partial charge is 0.228 e. The van der Waals surface area contributed by atoms with Crippen LogP contribution >= 0.6 is 11.3 Å². The van der Waals surface area contributed by atoms with Gasteiger partial charge in [0, 0.05) is 37.3 Å². The molecule has 3 aliphatic rings. The zero-order chi connectivity index (χ0) is 19.1. The Labute approximate surface area is 167 Å². The van der Waals surface area contributed by atoms with Gasteiger partial charge in [-0.05, 0) is 47.4 Å². The van der Waals surface area contributed by atoms with Crippen molar-refractivity contribution in [3.63, 3.8) is 0 Å². The summed E-state index contributed by atoms with van der Waals surface area (Å²) in [6, 6.07) is 7.92. The lowest BCUT2D eigenvalue weighted by molar-refractivity contribution is -0.137. The Morgan fingerprint density at radius 1 is 1.18 bits per heavy atom. The van der Waals surface area contributed by atoms with Gasteiger partial charge < -0.3 is 19.3 Å². The highest BCUT2D eigenvalue weighted by atomic mass is 32.1. The molecular formula is C21H22N2O4S. The van der Waals surface area contributed by atoms with E-state index in [9.17, 15) is 9.59 Å². The third-order valence-electron chi connectivity index (χ3n) is 5.52. The number of thiophene rings is 1. The number of anilines is 1. The first-order chi connectivity index (χ1) is 13.7. The molecule has 1 atom stereocenters. The summed E-state index contributed by atoms with van der Waals surface area (Å²) in [5.74, 6) is 1.15. The third kappa shape index (κ3) is 3.35. The zero-order valence-corrected chi connectivity index (χ0v) is 16.3. The van der Waals surface area contributed by atoms with Crippen LogP contribution in [-0.4, -0.2) is 42.5 Å². The van der Waals surface area contributed by atoms with Gasteiger partial charge in [0.1, 0.15) is 13.2 Å². The van der Waals surface area contributed by atoms with Gasteiger partial charge in [-0.25, -0.2) is 0 Å². The van der Waals surface area contributed by atoms with Crippen LogP contribution in [0.1, 0.15) is 24.8 Å². The van der Waals surface area contributed by atoms with Crippen LogP contribution in [0.5, 0.6) is 11.5 Å². The van der Waals surface area contributed by atoms with E-state index in [1.165, 1.54) is 5.56 Å². The van der Waals surface area contributed by atoms with E-state index in [2.05, 4.69) is 11.4 Å². The number of carbonyl (C=O) groups excluding carboxylic acids is 2. The highest BCUT2D eigenvalue weighted by Gasteiger charge is 2.41. The van der Waals surface area contributed by atoms with E-state index in [1.54, 1.807) is 16.2 Å². The molecule has 0 N–H and O–H groups in total. The third-order valence-corrected chi connectivity index (χ3v) is 6.25. The van der Waals surface area contributed by atoms with E-state index in [0.29, 0.717) is 43.8 Å². The number of nitrogens with zero attached hydrogens (tertiary/aromatic N) is 2. The van der Waals surface area contributed by atoms with Crippen LogP contribution in [0.15, 0.2) is 35.0 Å². The van der Waals surface area contributed by atoms with Crippen LogP contribution in [0.25, 0.3) is 0 Å². The summed E-state index contributed by atoms with van der Waals surface area (Å²) >= 11 is 1.64. The summed E-state index contributed by atoms with van der Waals surface area (Å²) in [7, 11) is 0. The molecule has 1 aliphatic carbocycles. The Morgan fingerprint density at radius 2 is 2.00 bits per heavy atom. The Bertz CT molecular complexity index is 894. The zero-order valence-electron chi connectivity index (χ0n) is 15.5.